The van der Waals surface area contributed by atoms with Crippen LogP contribution in [0.5, 0.6) is 5.75 Å². The van der Waals surface area contributed by atoms with Crippen molar-refractivity contribution < 1.29 is 18.7 Å². The normalized spacial score (nSPS) is 11.0. The fourth-order valence-electron chi connectivity index (χ4n) is 2.51. The topological polar surface area (TPSA) is 80.6 Å². The second-order valence-corrected chi connectivity index (χ2v) is 6.87. The third-order valence-electron chi connectivity index (χ3n) is 3.82. The summed E-state index contributed by atoms with van der Waals surface area (Å²) in [5.74, 6) is -0.160. The fourth-order valence-corrected chi connectivity index (χ4v) is 2.93. The number of rotatable bonds is 7. The molecular formula is C22H19BrN2O4. The molecule has 2 aromatic carbocycles. The second-order valence-electron chi connectivity index (χ2n) is 5.96. The van der Waals surface area contributed by atoms with E-state index in [1.807, 2.05) is 31.2 Å². The Morgan fingerprint density at radius 2 is 1.90 bits per heavy atom. The minimum absolute atomic E-state index is 0.0818. The Kier molecular flexibility index (Phi) is 6.86. The highest BCUT2D eigenvalue weighted by molar-refractivity contribution is 9.10. The summed E-state index contributed by atoms with van der Waals surface area (Å²) in [7, 11) is 0. The number of benzene rings is 2. The first-order valence-corrected chi connectivity index (χ1v) is 9.71. The zero-order chi connectivity index (χ0) is 20.6. The summed E-state index contributed by atoms with van der Waals surface area (Å²) in [5, 5.41) is 5.39. The molecule has 7 heteroatoms. The van der Waals surface area contributed by atoms with Gasteiger partial charge in [-0.15, -0.1) is 0 Å². The molecule has 148 valence electrons. The molecule has 2 amide bonds. The van der Waals surface area contributed by atoms with Gasteiger partial charge in [0.15, 0.2) is 5.76 Å². The molecule has 0 spiro atoms. The molecule has 3 rings (SSSR count). The van der Waals surface area contributed by atoms with Gasteiger partial charge in [0.25, 0.3) is 11.8 Å². The average molecular weight is 455 g/mol. The number of amides is 2. The molecule has 0 atom stereocenters. The van der Waals surface area contributed by atoms with Gasteiger partial charge in [0.1, 0.15) is 11.4 Å². The number of hydrogen-bond acceptors (Lipinski definition) is 4. The van der Waals surface area contributed by atoms with Crippen molar-refractivity contribution in [2.75, 3.05) is 11.9 Å². The SMILES string of the molecule is CCOc1ccc(NC(=O)/C(=C/c2cccc(Br)c2)NC(=O)c2ccco2)cc1. The Balaban J connectivity index is 1.83. The lowest BCUT2D eigenvalue weighted by molar-refractivity contribution is -0.113. The van der Waals surface area contributed by atoms with E-state index < -0.39 is 11.8 Å². The summed E-state index contributed by atoms with van der Waals surface area (Å²) in [4.78, 5) is 25.2. The van der Waals surface area contributed by atoms with Crippen molar-refractivity contribution in [1.29, 1.82) is 0 Å². The van der Waals surface area contributed by atoms with Gasteiger partial charge in [-0.2, -0.15) is 0 Å². The van der Waals surface area contributed by atoms with E-state index in [9.17, 15) is 9.59 Å². The molecule has 0 aliphatic heterocycles. The molecule has 1 heterocycles. The summed E-state index contributed by atoms with van der Waals surface area (Å²) < 4.78 is 11.4. The summed E-state index contributed by atoms with van der Waals surface area (Å²) in [6, 6.07) is 17.5. The molecule has 29 heavy (non-hydrogen) atoms. The van der Waals surface area contributed by atoms with E-state index in [-0.39, 0.29) is 11.5 Å². The van der Waals surface area contributed by atoms with Gasteiger partial charge >= 0.3 is 0 Å². The molecule has 1 aromatic heterocycles. The van der Waals surface area contributed by atoms with E-state index >= 15 is 0 Å². The smallest absolute Gasteiger partial charge is 0.291 e. The summed E-state index contributed by atoms with van der Waals surface area (Å²) in [5.41, 5.74) is 1.40. The molecule has 0 fully saturated rings. The lowest BCUT2D eigenvalue weighted by Crippen LogP contribution is -2.30. The van der Waals surface area contributed by atoms with Crippen LogP contribution in [-0.2, 0) is 4.79 Å². The van der Waals surface area contributed by atoms with Crippen molar-refractivity contribution in [2.24, 2.45) is 0 Å². The number of carbonyl (C=O) groups is 2. The third kappa shape index (κ3) is 5.83. The Morgan fingerprint density at radius 3 is 2.55 bits per heavy atom. The molecule has 0 radical (unpaired) electrons. The van der Waals surface area contributed by atoms with Crippen LogP contribution in [0.4, 0.5) is 5.69 Å². The van der Waals surface area contributed by atoms with Crippen LogP contribution in [0.25, 0.3) is 6.08 Å². The zero-order valence-corrected chi connectivity index (χ0v) is 17.2. The van der Waals surface area contributed by atoms with E-state index in [0.29, 0.717) is 18.0 Å². The van der Waals surface area contributed by atoms with Gasteiger partial charge in [0.2, 0.25) is 0 Å². The van der Waals surface area contributed by atoms with Gasteiger partial charge in [-0.1, -0.05) is 28.1 Å². The second kappa shape index (κ2) is 9.75. The van der Waals surface area contributed by atoms with Crippen LogP contribution in [0.2, 0.25) is 0 Å². The first kappa shape index (κ1) is 20.4. The summed E-state index contributed by atoms with van der Waals surface area (Å²) in [6.45, 7) is 2.46. The number of halogens is 1. The highest BCUT2D eigenvalue weighted by Gasteiger charge is 2.16. The Bertz CT molecular complexity index is 1010. The van der Waals surface area contributed by atoms with E-state index in [4.69, 9.17) is 9.15 Å². The number of furan rings is 1. The first-order chi connectivity index (χ1) is 14.0. The van der Waals surface area contributed by atoms with Crippen LogP contribution in [0.1, 0.15) is 23.0 Å². The number of hydrogen-bond donors (Lipinski definition) is 2. The largest absolute Gasteiger partial charge is 0.494 e. The van der Waals surface area contributed by atoms with Gasteiger partial charge in [-0.05, 0) is 67.1 Å². The maximum Gasteiger partial charge on any atom is 0.291 e. The van der Waals surface area contributed by atoms with Crippen LogP contribution >= 0.6 is 15.9 Å². The highest BCUT2D eigenvalue weighted by atomic mass is 79.9. The maximum absolute atomic E-state index is 12.8. The minimum atomic E-state index is -0.516. The van der Waals surface area contributed by atoms with E-state index in [2.05, 4.69) is 26.6 Å². The Hall–Kier alpha value is -3.32. The quantitative estimate of drug-likeness (QED) is 0.500. The third-order valence-corrected chi connectivity index (χ3v) is 4.31. The zero-order valence-electron chi connectivity index (χ0n) is 15.6. The number of carbonyl (C=O) groups excluding carboxylic acids is 2. The molecule has 2 N–H and O–H groups in total. The molecule has 0 saturated heterocycles. The van der Waals surface area contributed by atoms with E-state index in [1.54, 1.807) is 36.4 Å². The van der Waals surface area contributed by atoms with Crippen LogP contribution in [0.15, 0.2) is 81.5 Å². The lowest BCUT2D eigenvalue weighted by Gasteiger charge is -2.11. The molecular weight excluding hydrogens is 436 g/mol. The van der Waals surface area contributed by atoms with Crippen LogP contribution in [0.3, 0.4) is 0 Å². The monoisotopic (exact) mass is 454 g/mol. The molecule has 3 aromatic rings. The fraction of sp³-hybridized carbons (Fsp3) is 0.0909. The van der Waals surface area contributed by atoms with Gasteiger partial charge in [-0.25, -0.2) is 0 Å². The maximum atomic E-state index is 12.8. The molecule has 6 nitrogen and oxygen atoms in total. The minimum Gasteiger partial charge on any atom is -0.494 e. The predicted octanol–water partition coefficient (Wildman–Crippen LogP) is 4.85. The van der Waals surface area contributed by atoms with E-state index in [1.165, 1.54) is 12.3 Å². The lowest BCUT2D eigenvalue weighted by atomic mass is 10.2. The number of anilines is 1. The predicted molar refractivity (Wildman–Crippen MR) is 115 cm³/mol. The summed E-state index contributed by atoms with van der Waals surface area (Å²) in [6.07, 6.45) is 2.99. The van der Waals surface area contributed by atoms with E-state index in [0.717, 1.165) is 10.0 Å². The van der Waals surface area contributed by atoms with Crippen molar-refractivity contribution in [3.63, 3.8) is 0 Å². The van der Waals surface area contributed by atoms with Crippen LogP contribution in [0, 0.1) is 0 Å². The van der Waals surface area contributed by atoms with Crippen molar-refractivity contribution in [2.45, 2.75) is 6.92 Å². The van der Waals surface area contributed by atoms with Gasteiger partial charge < -0.3 is 19.8 Å². The standard InChI is InChI=1S/C22H19BrN2O4/c1-2-28-18-10-8-17(9-11-18)24-21(26)19(14-15-5-3-6-16(23)13-15)25-22(27)20-7-4-12-29-20/h3-14H,2H2,1H3,(H,24,26)(H,25,27)/b19-14-. The molecule has 0 bridgehead atoms. The molecule has 0 unspecified atom stereocenters. The summed E-state index contributed by atoms with van der Waals surface area (Å²) >= 11 is 3.40. The van der Waals surface area contributed by atoms with Crippen LogP contribution in [-0.4, -0.2) is 18.4 Å². The van der Waals surface area contributed by atoms with Crippen molar-refractivity contribution in [3.8, 4) is 5.75 Å². The molecule has 0 saturated carbocycles. The van der Waals surface area contributed by atoms with Gasteiger partial charge in [-0.3, -0.25) is 9.59 Å². The molecule has 0 aliphatic carbocycles. The van der Waals surface area contributed by atoms with Gasteiger partial charge in [0.05, 0.1) is 12.9 Å². The Labute approximate surface area is 176 Å². The van der Waals surface area contributed by atoms with Crippen molar-refractivity contribution >= 4 is 39.5 Å². The Morgan fingerprint density at radius 1 is 1.10 bits per heavy atom. The van der Waals surface area contributed by atoms with Gasteiger partial charge in [0, 0.05) is 10.2 Å². The average Bonchev–Trinajstić information content (AvgIpc) is 3.24. The number of ether oxygens (including phenoxy) is 1. The van der Waals surface area contributed by atoms with Crippen molar-refractivity contribution in [3.05, 3.63) is 88.4 Å². The highest BCUT2D eigenvalue weighted by Crippen LogP contribution is 2.18. The number of nitrogens with one attached hydrogen (secondary N) is 2. The van der Waals surface area contributed by atoms with Crippen molar-refractivity contribution in [1.82, 2.24) is 5.32 Å². The first-order valence-electron chi connectivity index (χ1n) is 8.91. The van der Waals surface area contributed by atoms with Crippen LogP contribution < -0.4 is 15.4 Å². The molecule has 0 aliphatic rings.